The minimum atomic E-state index is 0.972. The van der Waals surface area contributed by atoms with Crippen molar-refractivity contribution in [2.75, 3.05) is 13.1 Å². The minimum absolute atomic E-state index is 0.972. The predicted molar refractivity (Wildman–Crippen MR) is 81.6 cm³/mol. The molecule has 3 nitrogen and oxygen atoms in total. The highest BCUT2D eigenvalue weighted by molar-refractivity contribution is 9.10. The normalized spacial score (nSPS) is 12.1. The molecule has 1 N–H and O–H groups in total. The van der Waals surface area contributed by atoms with E-state index in [1.165, 1.54) is 17.7 Å². The van der Waals surface area contributed by atoms with Crippen molar-refractivity contribution in [2.24, 2.45) is 0 Å². The molecule has 1 rings (SSSR count). The van der Waals surface area contributed by atoms with Gasteiger partial charge < -0.3 is 5.32 Å². The predicted octanol–water partition coefficient (Wildman–Crippen LogP) is 3.85. The standard InChI is InChI=1S/C14H24BrN3/c1-4-8-16-9-6-7-12(3)14-13(15)11-17-18(14)10-5-2/h7,11,16H,4-6,8-10H2,1-3H3/b12-7-. The van der Waals surface area contributed by atoms with Gasteiger partial charge in [0.2, 0.25) is 0 Å². The molecule has 0 spiro atoms. The molecule has 4 heteroatoms. The number of nitrogens with zero attached hydrogens (tertiary/aromatic N) is 2. The van der Waals surface area contributed by atoms with Crippen LogP contribution >= 0.6 is 15.9 Å². The molecule has 0 unspecified atom stereocenters. The van der Waals surface area contributed by atoms with Gasteiger partial charge in [-0.2, -0.15) is 5.10 Å². The van der Waals surface area contributed by atoms with E-state index in [4.69, 9.17) is 0 Å². The summed E-state index contributed by atoms with van der Waals surface area (Å²) >= 11 is 3.58. The molecule has 0 radical (unpaired) electrons. The maximum atomic E-state index is 4.40. The summed E-state index contributed by atoms with van der Waals surface area (Å²) in [7, 11) is 0. The first-order chi connectivity index (χ1) is 8.70. The second-order valence-electron chi connectivity index (χ2n) is 4.49. The van der Waals surface area contributed by atoms with E-state index in [0.29, 0.717) is 0 Å². The lowest BCUT2D eigenvalue weighted by Crippen LogP contribution is -2.15. The quantitative estimate of drug-likeness (QED) is 0.739. The molecule has 0 aliphatic carbocycles. The van der Waals surface area contributed by atoms with Crippen LogP contribution in [0.15, 0.2) is 16.7 Å². The van der Waals surface area contributed by atoms with E-state index in [2.05, 4.69) is 57.9 Å². The average molecular weight is 314 g/mol. The monoisotopic (exact) mass is 313 g/mol. The summed E-state index contributed by atoms with van der Waals surface area (Å²) in [6.07, 6.45) is 7.54. The van der Waals surface area contributed by atoms with Gasteiger partial charge >= 0.3 is 0 Å². The van der Waals surface area contributed by atoms with E-state index >= 15 is 0 Å². The van der Waals surface area contributed by atoms with Crippen molar-refractivity contribution in [2.45, 2.75) is 46.6 Å². The molecule has 0 atom stereocenters. The topological polar surface area (TPSA) is 29.9 Å². The highest BCUT2D eigenvalue weighted by atomic mass is 79.9. The Morgan fingerprint density at radius 1 is 1.39 bits per heavy atom. The van der Waals surface area contributed by atoms with E-state index in [0.717, 1.165) is 36.9 Å². The van der Waals surface area contributed by atoms with Gasteiger partial charge in [-0.3, -0.25) is 4.68 Å². The van der Waals surface area contributed by atoms with Crippen molar-refractivity contribution in [3.8, 4) is 0 Å². The molecule has 0 fully saturated rings. The Hall–Kier alpha value is -0.610. The number of halogens is 1. The first kappa shape index (κ1) is 15.4. The molecular formula is C14H24BrN3. The molecule has 102 valence electrons. The van der Waals surface area contributed by atoms with Gasteiger partial charge in [0.1, 0.15) is 0 Å². The van der Waals surface area contributed by atoms with E-state index in [1.54, 1.807) is 0 Å². The van der Waals surface area contributed by atoms with Crippen molar-refractivity contribution < 1.29 is 0 Å². The Kier molecular flexibility index (Phi) is 7.28. The van der Waals surface area contributed by atoms with E-state index in [1.807, 2.05) is 6.20 Å². The van der Waals surface area contributed by atoms with Gasteiger partial charge in [-0.05, 0) is 60.8 Å². The van der Waals surface area contributed by atoms with E-state index in [9.17, 15) is 0 Å². The molecule has 0 saturated carbocycles. The molecule has 0 aliphatic rings. The Morgan fingerprint density at radius 2 is 2.17 bits per heavy atom. The van der Waals surface area contributed by atoms with Gasteiger partial charge in [-0.15, -0.1) is 0 Å². The van der Waals surface area contributed by atoms with Crippen molar-refractivity contribution in [1.82, 2.24) is 15.1 Å². The lowest BCUT2D eigenvalue weighted by atomic mass is 10.1. The summed E-state index contributed by atoms with van der Waals surface area (Å²) in [5, 5.41) is 7.81. The maximum absolute atomic E-state index is 4.40. The van der Waals surface area contributed by atoms with Crippen LogP contribution in [-0.4, -0.2) is 22.9 Å². The summed E-state index contributed by atoms with van der Waals surface area (Å²) in [5.74, 6) is 0. The first-order valence-electron chi connectivity index (χ1n) is 6.79. The number of nitrogens with one attached hydrogen (secondary N) is 1. The number of rotatable bonds is 8. The Bertz CT molecular complexity index is 382. The van der Waals surface area contributed by atoms with Gasteiger partial charge in [0, 0.05) is 6.54 Å². The van der Waals surface area contributed by atoms with Crippen LogP contribution in [0.2, 0.25) is 0 Å². The Morgan fingerprint density at radius 3 is 2.83 bits per heavy atom. The van der Waals surface area contributed by atoms with Gasteiger partial charge in [0.15, 0.2) is 0 Å². The molecule has 0 aromatic carbocycles. The van der Waals surface area contributed by atoms with Gasteiger partial charge in [0.05, 0.1) is 16.4 Å². The number of hydrogen-bond donors (Lipinski definition) is 1. The van der Waals surface area contributed by atoms with Crippen LogP contribution in [0.25, 0.3) is 5.57 Å². The van der Waals surface area contributed by atoms with Crippen molar-refractivity contribution in [1.29, 1.82) is 0 Å². The maximum Gasteiger partial charge on any atom is 0.0778 e. The smallest absolute Gasteiger partial charge is 0.0778 e. The zero-order valence-electron chi connectivity index (χ0n) is 11.7. The van der Waals surface area contributed by atoms with Crippen LogP contribution in [0.5, 0.6) is 0 Å². The highest BCUT2D eigenvalue weighted by Crippen LogP contribution is 2.24. The van der Waals surface area contributed by atoms with Crippen LogP contribution in [0, 0.1) is 0 Å². The largest absolute Gasteiger partial charge is 0.316 e. The zero-order valence-corrected chi connectivity index (χ0v) is 13.3. The van der Waals surface area contributed by atoms with Crippen LogP contribution < -0.4 is 5.32 Å². The fourth-order valence-electron chi connectivity index (χ4n) is 1.93. The molecule has 18 heavy (non-hydrogen) atoms. The van der Waals surface area contributed by atoms with Gasteiger partial charge in [-0.25, -0.2) is 0 Å². The van der Waals surface area contributed by atoms with Crippen LogP contribution in [0.3, 0.4) is 0 Å². The lowest BCUT2D eigenvalue weighted by molar-refractivity contribution is 0.595. The molecule has 1 heterocycles. The molecule has 1 aromatic heterocycles. The number of hydrogen-bond acceptors (Lipinski definition) is 2. The molecule has 0 saturated heterocycles. The summed E-state index contributed by atoms with van der Waals surface area (Å²) in [6, 6.07) is 0. The molecule has 0 aliphatic heterocycles. The SMILES string of the molecule is CCCNCC/C=C(/C)c1c(Br)cnn1CCC. The average Bonchev–Trinajstić information content (AvgIpc) is 2.71. The van der Waals surface area contributed by atoms with Crippen LogP contribution in [-0.2, 0) is 6.54 Å². The fourth-order valence-corrected chi connectivity index (χ4v) is 2.53. The fraction of sp³-hybridized carbons (Fsp3) is 0.643. The third kappa shape index (κ3) is 4.58. The molecule has 0 amide bonds. The van der Waals surface area contributed by atoms with E-state index in [-0.39, 0.29) is 0 Å². The summed E-state index contributed by atoms with van der Waals surface area (Å²) < 4.78 is 3.17. The number of aromatic nitrogens is 2. The van der Waals surface area contributed by atoms with E-state index < -0.39 is 0 Å². The number of aryl methyl sites for hydroxylation is 1. The Balaban J connectivity index is 2.61. The minimum Gasteiger partial charge on any atom is -0.316 e. The number of allylic oxidation sites excluding steroid dienone is 1. The van der Waals surface area contributed by atoms with Crippen LogP contribution in [0.4, 0.5) is 0 Å². The van der Waals surface area contributed by atoms with Crippen molar-refractivity contribution >= 4 is 21.5 Å². The summed E-state index contributed by atoms with van der Waals surface area (Å²) in [6.45, 7) is 9.64. The third-order valence-electron chi connectivity index (χ3n) is 2.80. The zero-order chi connectivity index (χ0) is 13.4. The second kappa shape index (κ2) is 8.48. The van der Waals surface area contributed by atoms with Gasteiger partial charge in [-0.1, -0.05) is 19.9 Å². The molecule has 1 aromatic rings. The van der Waals surface area contributed by atoms with Crippen molar-refractivity contribution in [3.63, 3.8) is 0 Å². The third-order valence-corrected chi connectivity index (χ3v) is 3.38. The first-order valence-corrected chi connectivity index (χ1v) is 7.59. The van der Waals surface area contributed by atoms with Crippen molar-refractivity contribution in [3.05, 3.63) is 22.4 Å². The highest BCUT2D eigenvalue weighted by Gasteiger charge is 2.09. The van der Waals surface area contributed by atoms with Crippen LogP contribution in [0.1, 0.15) is 45.7 Å². The molecular weight excluding hydrogens is 290 g/mol. The second-order valence-corrected chi connectivity index (χ2v) is 5.34. The Labute approximate surface area is 119 Å². The summed E-state index contributed by atoms with van der Waals surface area (Å²) in [4.78, 5) is 0. The summed E-state index contributed by atoms with van der Waals surface area (Å²) in [5.41, 5.74) is 2.51. The lowest BCUT2D eigenvalue weighted by Gasteiger charge is -2.07. The molecule has 0 bridgehead atoms. The van der Waals surface area contributed by atoms with Gasteiger partial charge in [0.25, 0.3) is 0 Å².